The molecule has 1 N–H and O–H groups in total. The molecule has 0 heterocycles. The Morgan fingerprint density at radius 1 is 1.39 bits per heavy atom. The van der Waals surface area contributed by atoms with E-state index in [-0.39, 0.29) is 11.2 Å². The van der Waals surface area contributed by atoms with Crippen LogP contribution in [0.1, 0.15) is 44.6 Å². The van der Waals surface area contributed by atoms with Crippen molar-refractivity contribution in [3.63, 3.8) is 0 Å². The van der Waals surface area contributed by atoms with E-state index < -0.39 is 0 Å². The van der Waals surface area contributed by atoms with Gasteiger partial charge in [-0.05, 0) is 61.4 Å². The van der Waals surface area contributed by atoms with E-state index in [0.29, 0.717) is 12.0 Å². The average Bonchev–Trinajstić information content (AvgIpc) is 2.35. The summed E-state index contributed by atoms with van der Waals surface area (Å²) in [6, 6.07) is 5.80. The smallest absolute Gasteiger partial charge is 0.126 e. The fourth-order valence-corrected chi connectivity index (χ4v) is 4.03. The lowest BCUT2D eigenvalue weighted by Gasteiger charge is -2.56. The highest BCUT2D eigenvalue weighted by Crippen LogP contribution is 2.57. The largest absolute Gasteiger partial charge is 0.316 e. The van der Waals surface area contributed by atoms with Crippen molar-refractivity contribution in [2.75, 3.05) is 7.05 Å². The topological polar surface area (TPSA) is 12.0 Å². The third-order valence-corrected chi connectivity index (χ3v) is 5.35. The van der Waals surface area contributed by atoms with E-state index in [1.54, 1.807) is 12.1 Å². The second-order valence-corrected chi connectivity index (χ2v) is 6.15. The molecule has 3 heteroatoms. The van der Waals surface area contributed by atoms with Crippen LogP contribution in [0.4, 0.5) is 4.39 Å². The van der Waals surface area contributed by atoms with Crippen molar-refractivity contribution >= 4 is 15.9 Å². The van der Waals surface area contributed by atoms with Crippen LogP contribution in [-0.4, -0.2) is 13.1 Å². The van der Waals surface area contributed by atoms with E-state index in [1.165, 1.54) is 0 Å². The van der Waals surface area contributed by atoms with Crippen LogP contribution in [0.3, 0.4) is 0 Å². The molecule has 0 bridgehead atoms. The fraction of sp³-hybridized carbons (Fsp3) is 0.600. The highest BCUT2D eigenvalue weighted by molar-refractivity contribution is 9.10. The minimum Gasteiger partial charge on any atom is -0.316 e. The van der Waals surface area contributed by atoms with Gasteiger partial charge in [0, 0.05) is 10.5 Å². The first kappa shape index (κ1) is 14.0. The maximum atomic E-state index is 14.0. The van der Waals surface area contributed by atoms with Crippen molar-refractivity contribution < 1.29 is 4.39 Å². The third-order valence-electron chi connectivity index (χ3n) is 4.86. The molecule has 1 aromatic rings. The molecule has 1 aliphatic rings. The van der Waals surface area contributed by atoms with Gasteiger partial charge in [0.1, 0.15) is 5.82 Å². The number of nitrogens with one attached hydrogen (secondary N) is 1. The quantitative estimate of drug-likeness (QED) is 0.864. The lowest BCUT2D eigenvalue weighted by Crippen LogP contribution is -2.57. The molecule has 1 nitrogen and oxygen atoms in total. The van der Waals surface area contributed by atoms with Crippen LogP contribution in [0.5, 0.6) is 0 Å². The minimum absolute atomic E-state index is 0.0657. The van der Waals surface area contributed by atoms with Crippen molar-refractivity contribution in [3.05, 3.63) is 34.1 Å². The number of hydrogen-bond acceptors (Lipinski definition) is 1. The van der Waals surface area contributed by atoms with Gasteiger partial charge in [-0.25, -0.2) is 4.39 Å². The Balaban J connectivity index is 2.37. The zero-order chi connectivity index (χ0) is 13.3. The summed E-state index contributed by atoms with van der Waals surface area (Å²) in [7, 11) is 2.01. The Kier molecular flexibility index (Phi) is 4.12. The summed E-state index contributed by atoms with van der Waals surface area (Å²) in [5.41, 5.74) is 1.08. The first-order valence-electron chi connectivity index (χ1n) is 6.71. The van der Waals surface area contributed by atoms with Crippen LogP contribution in [0.2, 0.25) is 0 Å². The van der Waals surface area contributed by atoms with E-state index >= 15 is 0 Å². The predicted octanol–water partition coefficient (Wildman–Crippen LogP) is 4.47. The monoisotopic (exact) mass is 313 g/mol. The maximum absolute atomic E-state index is 14.0. The van der Waals surface area contributed by atoms with Gasteiger partial charge in [0.15, 0.2) is 0 Å². The summed E-state index contributed by atoms with van der Waals surface area (Å²) in [6.45, 7) is 4.44. The molecule has 0 aliphatic heterocycles. The predicted molar refractivity (Wildman–Crippen MR) is 77.3 cm³/mol. The van der Waals surface area contributed by atoms with Crippen LogP contribution in [-0.2, 0) is 0 Å². The second-order valence-electron chi connectivity index (χ2n) is 5.24. The van der Waals surface area contributed by atoms with E-state index in [0.717, 1.165) is 29.3 Å². The van der Waals surface area contributed by atoms with E-state index in [4.69, 9.17) is 0 Å². The first-order valence-corrected chi connectivity index (χ1v) is 7.50. The molecule has 1 aliphatic carbocycles. The summed E-state index contributed by atoms with van der Waals surface area (Å²) in [5, 5.41) is 3.39. The normalized spacial score (nSPS) is 25.8. The fourth-order valence-electron chi connectivity index (χ4n) is 3.65. The van der Waals surface area contributed by atoms with E-state index in [2.05, 4.69) is 35.1 Å². The van der Waals surface area contributed by atoms with Crippen LogP contribution in [0.15, 0.2) is 22.7 Å². The summed E-state index contributed by atoms with van der Waals surface area (Å²) < 4.78 is 15.0. The molecule has 18 heavy (non-hydrogen) atoms. The van der Waals surface area contributed by atoms with Crippen molar-refractivity contribution in [3.8, 4) is 0 Å². The van der Waals surface area contributed by atoms with Gasteiger partial charge in [-0.3, -0.25) is 0 Å². The van der Waals surface area contributed by atoms with Gasteiger partial charge in [0.05, 0.1) is 0 Å². The molecule has 0 radical (unpaired) electrons. The number of benzene rings is 1. The molecule has 1 aromatic carbocycles. The van der Waals surface area contributed by atoms with Gasteiger partial charge in [-0.1, -0.05) is 29.8 Å². The zero-order valence-electron chi connectivity index (χ0n) is 11.3. The van der Waals surface area contributed by atoms with Gasteiger partial charge in [0.2, 0.25) is 0 Å². The SMILES string of the molecule is CCC1(CC)C(NC)CC1c1cc(Br)ccc1F. The molecular weight excluding hydrogens is 293 g/mol. The van der Waals surface area contributed by atoms with Crippen molar-refractivity contribution in [2.24, 2.45) is 5.41 Å². The standard InChI is InChI=1S/C15H21BrFN/c1-4-15(5-2)12(9-14(15)18-3)11-8-10(16)6-7-13(11)17/h6-8,12,14,18H,4-5,9H2,1-3H3. The molecule has 0 amide bonds. The summed E-state index contributed by atoms with van der Waals surface area (Å²) in [6.07, 6.45) is 3.21. The van der Waals surface area contributed by atoms with Gasteiger partial charge in [-0.2, -0.15) is 0 Å². The molecule has 1 saturated carbocycles. The molecule has 2 rings (SSSR count). The van der Waals surface area contributed by atoms with Crippen molar-refractivity contribution in [1.29, 1.82) is 0 Å². The van der Waals surface area contributed by atoms with Crippen molar-refractivity contribution in [1.82, 2.24) is 5.32 Å². The van der Waals surface area contributed by atoms with Gasteiger partial charge in [0.25, 0.3) is 0 Å². The Bertz CT molecular complexity index is 429. The zero-order valence-corrected chi connectivity index (χ0v) is 12.8. The first-order chi connectivity index (χ1) is 8.58. The molecule has 0 spiro atoms. The second kappa shape index (κ2) is 5.30. The van der Waals surface area contributed by atoms with Crippen LogP contribution in [0.25, 0.3) is 0 Å². The summed E-state index contributed by atoms with van der Waals surface area (Å²) in [4.78, 5) is 0. The van der Waals surface area contributed by atoms with Crippen molar-refractivity contribution in [2.45, 2.75) is 45.1 Å². The summed E-state index contributed by atoms with van der Waals surface area (Å²) in [5.74, 6) is 0.270. The molecule has 2 unspecified atom stereocenters. The number of halogens is 2. The Labute approximate surface area is 117 Å². The Morgan fingerprint density at radius 3 is 2.61 bits per heavy atom. The van der Waals surface area contributed by atoms with Gasteiger partial charge < -0.3 is 5.32 Å². The molecule has 0 saturated heterocycles. The number of hydrogen-bond donors (Lipinski definition) is 1. The molecule has 100 valence electrons. The average molecular weight is 314 g/mol. The van der Waals surface area contributed by atoms with Crippen LogP contribution in [0, 0.1) is 11.2 Å². The molecule has 1 fully saturated rings. The molecule has 0 aromatic heterocycles. The lowest BCUT2D eigenvalue weighted by molar-refractivity contribution is 0.0227. The Hall–Kier alpha value is -0.410. The third kappa shape index (κ3) is 2.01. The molecule has 2 atom stereocenters. The van der Waals surface area contributed by atoms with Gasteiger partial charge in [-0.15, -0.1) is 0 Å². The lowest BCUT2D eigenvalue weighted by atomic mass is 9.52. The Morgan fingerprint density at radius 2 is 2.06 bits per heavy atom. The van der Waals surface area contributed by atoms with E-state index in [9.17, 15) is 4.39 Å². The molecular formula is C15H21BrFN. The highest BCUT2D eigenvalue weighted by Gasteiger charge is 2.52. The van der Waals surface area contributed by atoms with E-state index in [1.807, 2.05) is 13.1 Å². The van der Waals surface area contributed by atoms with Crippen LogP contribution < -0.4 is 5.32 Å². The van der Waals surface area contributed by atoms with Gasteiger partial charge >= 0.3 is 0 Å². The number of rotatable bonds is 4. The minimum atomic E-state index is -0.0657. The highest BCUT2D eigenvalue weighted by atomic mass is 79.9. The van der Waals surface area contributed by atoms with Crippen LogP contribution >= 0.6 is 15.9 Å². The summed E-state index contributed by atoms with van der Waals surface area (Å²) >= 11 is 3.45. The maximum Gasteiger partial charge on any atom is 0.126 e.